The first-order valence-electron chi connectivity index (χ1n) is 9.07. The molecule has 1 saturated carbocycles. The fourth-order valence-corrected chi connectivity index (χ4v) is 3.22. The molecule has 0 aromatic carbocycles. The Balaban J connectivity index is 1.50. The topological polar surface area (TPSA) is 90.2 Å². The summed E-state index contributed by atoms with van der Waals surface area (Å²) in [5.74, 6) is 0.647. The number of hydrogen-bond donors (Lipinski definition) is 1. The molecule has 29 heavy (non-hydrogen) atoms. The molecule has 4 aromatic heterocycles. The van der Waals surface area contributed by atoms with Crippen LogP contribution in [0.5, 0.6) is 0 Å². The van der Waals surface area contributed by atoms with Crippen molar-refractivity contribution in [2.24, 2.45) is 7.05 Å². The van der Waals surface area contributed by atoms with Gasteiger partial charge in [-0.15, -0.1) is 0 Å². The second-order valence-electron chi connectivity index (χ2n) is 6.94. The van der Waals surface area contributed by atoms with Crippen molar-refractivity contribution < 1.29 is 18.0 Å². The molecule has 0 spiro atoms. The Bertz CT molecular complexity index is 1210. The molecule has 5 rings (SSSR count). The number of furan rings is 1. The summed E-state index contributed by atoms with van der Waals surface area (Å²) in [6.07, 6.45) is 1.88. The maximum absolute atomic E-state index is 13.5. The van der Waals surface area contributed by atoms with Crippen molar-refractivity contribution in [3.63, 3.8) is 0 Å². The predicted molar refractivity (Wildman–Crippen MR) is 98.8 cm³/mol. The molecular formula is C19H16F2N6O2. The van der Waals surface area contributed by atoms with E-state index in [0.717, 1.165) is 17.4 Å². The van der Waals surface area contributed by atoms with E-state index in [1.165, 1.54) is 23.2 Å². The molecule has 4 heterocycles. The summed E-state index contributed by atoms with van der Waals surface area (Å²) in [5, 5.41) is 11.0. The van der Waals surface area contributed by atoms with Crippen LogP contribution in [0, 0.1) is 0 Å². The summed E-state index contributed by atoms with van der Waals surface area (Å²) in [5.41, 5.74) is 1.10. The summed E-state index contributed by atoms with van der Waals surface area (Å²) < 4.78 is 34.8. The lowest BCUT2D eigenvalue weighted by Gasteiger charge is -2.08. The van der Waals surface area contributed by atoms with Gasteiger partial charge in [-0.05, 0) is 31.0 Å². The predicted octanol–water partition coefficient (Wildman–Crippen LogP) is 3.79. The van der Waals surface area contributed by atoms with E-state index in [0.29, 0.717) is 23.0 Å². The minimum absolute atomic E-state index is 0.121. The molecule has 8 nitrogen and oxygen atoms in total. The molecule has 0 saturated heterocycles. The summed E-state index contributed by atoms with van der Waals surface area (Å²) in [4.78, 5) is 17.3. The van der Waals surface area contributed by atoms with E-state index in [1.807, 2.05) is 0 Å². The third-order valence-electron chi connectivity index (χ3n) is 4.88. The van der Waals surface area contributed by atoms with Crippen LogP contribution in [0.2, 0.25) is 0 Å². The number of amides is 1. The van der Waals surface area contributed by atoms with Gasteiger partial charge in [0.2, 0.25) is 0 Å². The quantitative estimate of drug-likeness (QED) is 0.552. The molecule has 0 bridgehead atoms. The first-order chi connectivity index (χ1) is 14.0. The molecule has 1 N–H and O–H groups in total. The molecule has 148 valence electrons. The molecule has 1 aliphatic rings. The van der Waals surface area contributed by atoms with Crippen LogP contribution in [0.1, 0.15) is 46.9 Å². The second kappa shape index (κ2) is 6.50. The van der Waals surface area contributed by atoms with Crippen molar-refractivity contribution in [3.05, 3.63) is 53.7 Å². The Labute approximate surface area is 163 Å². The van der Waals surface area contributed by atoms with Crippen LogP contribution in [-0.2, 0) is 7.05 Å². The Morgan fingerprint density at radius 3 is 2.86 bits per heavy atom. The Morgan fingerprint density at radius 2 is 2.17 bits per heavy atom. The zero-order chi connectivity index (χ0) is 20.1. The molecule has 0 atom stereocenters. The fourth-order valence-electron chi connectivity index (χ4n) is 3.22. The number of alkyl halides is 2. The summed E-state index contributed by atoms with van der Waals surface area (Å²) in [7, 11) is 1.68. The molecule has 0 radical (unpaired) electrons. The van der Waals surface area contributed by atoms with Crippen molar-refractivity contribution in [2.45, 2.75) is 25.2 Å². The lowest BCUT2D eigenvalue weighted by molar-refractivity contribution is 0.102. The number of aromatic nitrogens is 5. The average molecular weight is 398 g/mol. The highest BCUT2D eigenvalue weighted by Crippen LogP contribution is 2.40. The van der Waals surface area contributed by atoms with Gasteiger partial charge in [-0.1, -0.05) is 0 Å². The van der Waals surface area contributed by atoms with Gasteiger partial charge in [0.1, 0.15) is 22.8 Å². The molecule has 1 aliphatic carbocycles. The minimum Gasteiger partial charge on any atom is -0.463 e. The van der Waals surface area contributed by atoms with Crippen LogP contribution in [0.25, 0.3) is 17.1 Å². The summed E-state index contributed by atoms with van der Waals surface area (Å²) in [6.45, 7) is 0. The molecule has 1 fully saturated rings. The lowest BCUT2D eigenvalue weighted by Crippen LogP contribution is -2.15. The van der Waals surface area contributed by atoms with E-state index < -0.39 is 12.3 Å². The normalized spacial score (nSPS) is 14.1. The van der Waals surface area contributed by atoms with Crippen molar-refractivity contribution in [1.82, 2.24) is 24.4 Å². The molecule has 4 aromatic rings. The van der Waals surface area contributed by atoms with Crippen molar-refractivity contribution in [1.29, 1.82) is 0 Å². The number of anilines is 1. The average Bonchev–Trinajstić information content (AvgIpc) is 3.09. The van der Waals surface area contributed by atoms with Gasteiger partial charge in [-0.3, -0.25) is 9.48 Å². The van der Waals surface area contributed by atoms with E-state index in [1.54, 1.807) is 25.2 Å². The van der Waals surface area contributed by atoms with E-state index in [9.17, 15) is 13.6 Å². The van der Waals surface area contributed by atoms with E-state index in [-0.39, 0.29) is 22.8 Å². The highest BCUT2D eigenvalue weighted by molar-refractivity contribution is 6.08. The molecule has 0 aliphatic heterocycles. The highest BCUT2D eigenvalue weighted by Gasteiger charge is 2.29. The Kier molecular flexibility index (Phi) is 3.93. The van der Waals surface area contributed by atoms with E-state index in [2.05, 4.69) is 20.5 Å². The third-order valence-corrected chi connectivity index (χ3v) is 4.88. The zero-order valence-corrected chi connectivity index (χ0v) is 15.3. The smallest absolute Gasteiger partial charge is 0.280 e. The van der Waals surface area contributed by atoms with Crippen molar-refractivity contribution in [2.75, 3.05) is 5.32 Å². The first-order valence-corrected chi connectivity index (χ1v) is 9.07. The number of carbonyl (C=O) groups is 1. The van der Waals surface area contributed by atoms with Gasteiger partial charge in [-0.25, -0.2) is 18.3 Å². The van der Waals surface area contributed by atoms with Crippen molar-refractivity contribution >= 4 is 17.4 Å². The van der Waals surface area contributed by atoms with Gasteiger partial charge < -0.3 is 9.73 Å². The van der Waals surface area contributed by atoms with Crippen LogP contribution in [0.3, 0.4) is 0 Å². The van der Waals surface area contributed by atoms with Gasteiger partial charge in [0.05, 0.1) is 12.5 Å². The first kappa shape index (κ1) is 17.5. The van der Waals surface area contributed by atoms with Gasteiger partial charge >= 0.3 is 0 Å². The second-order valence-corrected chi connectivity index (χ2v) is 6.94. The van der Waals surface area contributed by atoms with E-state index >= 15 is 0 Å². The zero-order valence-electron chi connectivity index (χ0n) is 15.3. The molecule has 1 amide bonds. The SMILES string of the molecule is Cn1nc(-c2ccco2)cc1NC(=O)c1cnn2c(C(F)F)cc(C3CC3)nc12. The summed E-state index contributed by atoms with van der Waals surface area (Å²) >= 11 is 0. The third kappa shape index (κ3) is 3.06. The Morgan fingerprint density at radius 1 is 1.34 bits per heavy atom. The van der Waals surface area contributed by atoms with Gasteiger partial charge in [0.15, 0.2) is 11.4 Å². The number of rotatable bonds is 5. The van der Waals surface area contributed by atoms with Gasteiger partial charge in [0.25, 0.3) is 12.3 Å². The van der Waals surface area contributed by atoms with Crippen LogP contribution >= 0.6 is 0 Å². The number of hydrogen-bond acceptors (Lipinski definition) is 5. The standard InChI is InChI=1S/C19H16F2N6O2/c1-26-16(8-13(25-26)15-3-2-6-29-15)24-19(28)11-9-22-27-14(17(20)21)7-12(10-4-5-10)23-18(11)27/h2-3,6-10,17H,4-5H2,1H3,(H,24,28). The highest BCUT2D eigenvalue weighted by atomic mass is 19.3. The molecular weight excluding hydrogens is 382 g/mol. The number of aryl methyl sites for hydroxylation is 1. The number of nitrogens with one attached hydrogen (secondary N) is 1. The number of fused-ring (bicyclic) bond motifs is 1. The van der Waals surface area contributed by atoms with Crippen molar-refractivity contribution in [3.8, 4) is 11.5 Å². The summed E-state index contributed by atoms with van der Waals surface area (Å²) in [6, 6.07) is 6.54. The van der Waals surface area contributed by atoms with Crippen LogP contribution in [0.15, 0.2) is 41.1 Å². The molecule has 10 heteroatoms. The van der Waals surface area contributed by atoms with Gasteiger partial charge in [0, 0.05) is 24.7 Å². The maximum Gasteiger partial charge on any atom is 0.280 e. The van der Waals surface area contributed by atoms with Crippen LogP contribution in [0.4, 0.5) is 14.6 Å². The number of halogens is 2. The molecule has 0 unspecified atom stereocenters. The minimum atomic E-state index is -2.72. The van der Waals surface area contributed by atoms with Gasteiger partial charge in [-0.2, -0.15) is 10.2 Å². The maximum atomic E-state index is 13.5. The number of nitrogens with zero attached hydrogens (tertiary/aromatic N) is 5. The van der Waals surface area contributed by atoms with Crippen LogP contribution in [-0.4, -0.2) is 30.3 Å². The largest absolute Gasteiger partial charge is 0.463 e. The van der Waals surface area contributed by atoms with E-state index in [4.69, 9.17) is 4.42 Å². The Hall–Kier alpha value is -3.56. The number of carbonyl (C=O) groups excluding carboxylic acids is 1. The lowest BCUT2D eigenvalue weighted by atomic mass is 10.2. The van der Waals surface area contributed by atoms with Crippen LogP contribution < -0.4 is 5.32 Å². The fraction of sp³-hybridized carbons (Fsp3) is 0.263. The monoisotopic (exact) mass is 398 g/mol.